The van der Waals surface area contributed by atoms with E-state index in [-0.39, 0.29) is 5.82 Å². The third kappa shape index (κ3) is 1.90. The van der Waals surface area contributed by atoms with Gasteiger partial charge in [0.05, 0.1) is 4.92 Å². The van der Waals surface area contributed by atoms with Gasteiger partial charge >= 0.3 is 11.7 Å². The van der Waals surface area contributed by atoms with E-state index >= 15 is 0 Å². The fraction of sp³-hybridized carbons (Fsp3) is 0.100. The molecule has 2 aromatic rings. The molecule has 0 aliphatic heterocycles. The summed E-state index contributed by atoms with van der Waals surface area (Å²) in [5, 5.41) is 19.6. The van der Waals surface area contributed by atoms with Crippen molar-refractivity contribution >= 4 is 11.7 Å². The second-order valence-corrected chi connectivity index (χ2v) is 3.47. The SMILES string of the molecule is Cc1nccn1-c1cc(C(=O)O)c([N+](=O)[O-])cn1. The van der Waals surface area contributed by atoms with E-state index in [2.05, 4.69) is 9.97 Å². The van der Waals surface area contributed by atoms with Crippen molar-refractivity contribution in [3.05, 3.63) is 46.2 Å². The monoisotopic (exact) mass is 248 g/mol. The molecule has 0 aromatic carbocycles. The summed E-state index contributed by atoms with van der Waals surface area (Å²) in [6.45, 7) is 1.71. The summed E-state index contributed by atoms with van der Waals surface area (Å²) in [4.78, 5) is 28.7. The Morgan fingerprint density at radius 1 is 1.50 bits per heavy atom. The van der Waals surface area contributed by atoms with Crippen LogP contribution in [0.15, 0.2) is 24.7 Å². The van der Waals surface area contributed by atoms with Gasteiger partial charge in [-0.3, -0.25) is 14.7 Å². The zero-order valence-electron chi connectivity index (χ0n) is 9.27. The Morgan fingerprint density at radius 2 is 2.22 bits per heavy atom. The van der Waals surface area contributed by atoms with E-state index in [4.69, 9.17) is 5.11 Å². The average Bonchev–Trinajstić information content (AvgIpc) is 2.74. The fourth-order valence-electron chi connectivity index (χ4n) is 1.51. The van der Waals surface area contributed by atoms with Crippen LogP contribution in [0, 0.1) is 17.0 Å². The molecule has 1 N–H and O–H groups in total. The molecule has 8 nitrogen and oxygen atoms in total. The summed E-state index contributed by atoms with van der Waals surface area (Å²) in [5.41, 5.74) is -0.942. The lowest BCUT2D eigenvalue weighted by Gasteiger charge is -2.05. The molecular formula is C10H8N4O4. The van der Waals surface area contributed by atoms with Crippen LogP contribution in [0.2, 0.25) is 0 Å². The Kier molecular flexibility index (Phi) is 2.76. The molecule has 0 radical (unpaired) electrons. The Morgan fingerprint density at radius 3 is 2.72 bits per heavy atom. The molecule has 0 bridgehead atoms. The van der Waals surface area contributed by atoms with Gasteiger partial charge in [-0.25, -0.2) is 14.8 Å². The van der Waals surface area contributed by atoms with Crippen molar-refractivity contribution in [1.29, 1.82) is 0 Å². The highest BCUT2D eigenvalue weighted by Crippen LogP contribution is 2.20. The van der Waals surface area contributed by atoms with Gasteiger partial charge in [-0.05, 0) is 6.92 Å². The van der Waals surface area contributed by atoms with Crippen molar-refractivity contribution in [2.45, 2.75) is 6.92 Å². The highest BCUT2D eigenvalue weighted by Gasteiger charge is 2.21. The number of hydrogen-bond acceptors (Lipinski definition) is 5. The van der Waals surface area contributed by atoms with Gasteiger partial charge < -0.3 is 5.11 Å². The van der Waals surface area contributed by atoms with Gasteiger partial charge in [-0.15, -0.1) is 0 Å². The number of pyridine rings is 1. The molecular weight excluding hydrogens is 240 g/mol. The lowest BCUT2D eigenvalue weighted by Crippen LogP contribution is -2.07. The normalized spacial score (nSPS) is 10.3. The van der Waals surface area contributed by atoms with E-state index in [9.17, 15) is 14.9 Å². The topological polar surface area (TPSA) is 111 Å². The predicted octanol–water partition coefficient (Wildman–Crippen LogP) is 1.18. The maximum absolute atomic E-state index is 11.0. The van der Waals surface area contributed by atoms with Crippen LogP contribution in [0.4, 0.5) is 5.69 Å². The number of rotatable bonds is 3. The molecule has 0 aliphatic rings. The van der Waals surface area contributed by atoms with E-state index in [0.717, 1.165) is 12.3 Å². The number of nitro groups is 1. The summed E-state index contributed by atoms with van der Waals surface area (Å²) >= 11 is 0. The third-order valence-corrected chi connectivity index (χ3v) is 2.37. The second kappa shape index (κ2) is 4.24. The molecule has 2 rings (SSSR count). The third-order valence-electron chi connectivity index (χ3n) is 2.37. The van der Waals surface area contributed by atoms with Crippen molar-refractivity contribution in [3.8, 4) is 5.82 Å². The fourth-order valence-corrected chi connectivity index (χ4v) is 1.51. The van der Waals surface area contributed by atoms with Gasteiger partial charge in [0, 0.05) is 18.5 Å². The van der Waals surface area contributed by atoms with Crippen LogP contribution in [-0.4, -0.2) is 30.5 Å². The van der Waals surface area contributed by atoms with Crippen molar-refractivity contribution in [1.82, 2.24) is 14.5 Å². The van der Waals surface area contributed by atoms with Crippen LogP contribution in [0.1, 0.15) is 16.2 Å². The van der Waals surface area contributed by atoms with Crippen molar-refractivity contribution in [2.75, 3.05) is 0 Å². The Balaban J connectivity index is 2.60. The second-order valence-electron chi connectivity index (χ2n) is 3.47. The molecule has 2 aromatic heterocycles. The number of carbonyl (C=O) groups is 1. The Bertz CT molecular complexity index is 635. The first-order chi connectivity index (χ1) is 8.50. The minimum absolute atomic E-state index is 0.271. The molecule has 18 heavy (non-hydrogen) atoms. The number of carboxylic acids is 1. The van der Waals surface area contributed by atoms with Gasteiger partial charge in [0.1, 0.15) is 23.4 Å². The molecule has 0 spiro atoms. The van der Waals surface area contributed by atoms with E-state index in [1.165, 1.54) is 10.8 Å². The lowest BCUT2D eigenvalue weighted by atomic mass is 10.2. The molecule has 0 unspecified atom stereocenters. The zero-order valence-corrected chi connectivity index (χ0v) is 9.27. The molecule has 2 heterocycles. The molecule has 0 saturated heterocycles. The molecule has 0 amide bonds. The molecule has 92 valence electrons. The average molecular weight is 248 g/mol. The molecule has 8 heteroatoms. The number of imidazole rings is 1. The van der Waals surface area contributed by atoms with Gasteiger partial charge in [0.2, 0.25) is 0 Å². The summed E-state index contributed by atoms with van der Waals surface area (Å²) in [5.74, 6) is -0.496. The minimum atomic E-state index is -1.37. The number of carboxylic acid groups (broad SMARTS) is 1. The van der Waals surface area contributed by atoms with Gasteiger partial charge in [-0.2, -0.15) is 0 Å². The molecule has 0 atom stereocenters. The van der Waals surface area contributed by atoms with E-state index in [1.54, 1.807) is 13.1 Å². The quantitative estimate of drug-likeness (QED) is 0.644. The summed E-state index contributed by atoms with van der Waals surface area (Å²) in [6, 6.07) is 1.15. The predicted molar refractivity (Wildman–Crippen MR) is 59.7 cm³/mol. The van der Waals surface area contributed by atoms with Crippen molar-refractivity contribution in [2.24, 2.45) is 0 Å². The number of nitrogens with zero attached hydrogens (tertiary/aromatic N) is 4. The first-order valence-corrected chi connectivity index (χ1v) is 4.88. The standard InChI is InChI=1S/C10H8N4O4/c1-6-11-2-3-13(6)9-4-7(10(15)16)8(5-12-9)14(17)18/h2-5H,1H3,(H,15,16). The van der Waals surface area contributed by atoms with Crippen LogP contribution in [0.5, 0.6) is 0 Å². The van der Waals surface area contributed by atoms with E-state index < -0.39 is 22.1 Å². The first kappa shape index (κ1) is 11.7. The van der Waals surface area contributed by atoms with Crippen LogP contribution in [0.3, 0.4) is 0 Å². The number of aromatic nitrogens is 3. The maximum atomic E-state index is 11.0. The van der Waals surface area contributed by atoms with Gasteiger partial charge in [0.25, 0.3) is 0 Å². The number of aromatic carboxylic acids is 1. The smallest absolute Gasteiger partial charge is 0.342 e. The van der Waals surface area contributed by atoms with Gasteiger partial charge in [0.15, 0.2) is 0 Å². The highest BCUT2D eigenvalue weighted by molar-refractivity contribution is 5.92. The highest BCUT2D eigenvalue weighted by atomic mass is 16.6. The maximum Gasteiger partial charge on any atom is 0.342 e. The van der Waals surface area contributed by atoms with Crippen molar-refractivity contribution < 1.29 is 14.8 Å². The van der Waals surface area contributed by atoms with Crippen LogP contribution >= 0.6 is 0 Å². The minimum Gasteiger partial charge on any atom is -0.477 e. The summed E-state index contributed by atoms with van der Waals surface area (Å²) < 4.78 is 1.54. The summed E-state index contributed by atoms with van der Waals surface area (Å²) in [6.07, 6.45) is 4.05. The number of aryl methyl sites for hydroxylation is 1. The van der Waals surface area contributed by atoms with Crippen molar-refractivity contribution in [3.63, 3.8) is 0 Å². The van der Waals surface area contributed by atoms with Crippen LogP contribution in [-0.2, 0) is 0 Å². The summed E-state index contributed by atoms with van der Waals surface area (Å²) in [7, 11) is 0. The Labute approximate surface area is 101 Å². The van der Waals surface area contributed by atoms with Crippen LogP contribution in [0.25, 0.3) is 5.82 Å². The lowest BCUT2D eigenvalue weighted by molar-refractivity contribution is -0.385. The largest absolute Gasteiger partial charge is 0.477 e. The van der Waals surface area contributed by atoms with E-state index in [1.807, 2.05) is 0 Å². The number of hydrogen-bond donors (Lipinski definition) is 1. The Hall–Kier alpha value is -2.77. The van der Waals surface area contributed by atoms with E-state index in [0.29, 0.717) is 5.82 Å². The molecule has 0 saturated carbocycles. The van der Waals surface area contributed by atoms with Gasteiger partial charge in [-0.1, -0.05) is 0 Å². The zero-order chi connectivity index (χ0) is 13.3. The van der Waals surface area contributed by atoms with Crippen LogP contribution < -0.4 is 0 Å². The molecule has 0 aliphatic carbocycles. The first-order valence-electron chi connectivity index (χ1n) is 4.88. The molecule has 0 fully saturated rings.